The number of aromatic nitrogens is 3. The predicted molar refractivity (Wildman–Crippen MR) is 88.7 cm³/mol. The molecule has 3 rings (SSSR count). The molecule has 5 nitrogen and oxygen atoms in total. The normalized spacial score (nSPS) is 10.9. The number of rotatable bonds is 2. The van der Waals surface area contributed by atoms with E-state index in [-0.39, 0.29) is 0 Å². The van der Waals surface area contributed by atoms with Crippen LogP contribution in [0.5, 0.6) is 0 Å². The van der Waals surface area contributed by atoms with Crippen molar-refractivity contribution in [1.29, 1.82) is 0 Å². The molecule has 0 aliphatic rings. The van der Waals surface area contributed by atoms with E-state index in [1.165, 1.54) is 0 Å². The molecule has 0 bridgehead atoms. The van der Waals surface area contributed by atoms with E-state index in [0.29, 0.717) is 17.2 Å². The lowest BCUT2D eigenvalue weighted by Gasteiger charge is -2.05. The molecule has 2 heterocycles. The first-order valence-electron chi connectivity index (χ1n) is 5.88. The maximum Gasteiger partial charge on any atom is 0.180 e. The van der Waals surface area contributed by atoms with Gasteiger partial charge in [-0.05, 0) is 40.2 Å². The van der Waals surface area contributed by atoms with Crippen molar-refractivity contribution < 1.29 is 0 Å². The first kappa shape index (κ1) is 13.4. The van der Waals surface area contributed by atoms with Crippen LogP contribution in [0.4, 0.5) is 11.5 Å². The van der Waals surface area contributed by atoms with E-state index in [0.717, 1.165) is 25.8 Å². The van der Waals surface area contributed by atoms with Crippen molar-refractivity contribution in [3.05, 3.63) is 33.2 Å². The smallest absolute Gasteiger partial charge is 0.180 e. The Balaban J connectivity index is 2.20. The molecule has 102 valence electrons. The van der Waals surface area contributed by atoms with Gasteiger partial charge in [0.2, 0.25) is 0 Å². The number of fused-ring (bicyclic) bond motifs is 1. The van der Waals surface area contributed by atoms with Crippen LogP contribution in [0.2, 0.25) is 0 Å². The molecule has 0 amide bonds. The third-order valence-electron chi connectivity index (χ3n) is 2.95. The van der Waals surface area contributed by atoms with Crippen molar-refractivity contribution >= 4 is 54.5 Å². The average Bonchev–Trinajstić information content (AvgIpc) is 2.85. The molecular formula is C13H11Br2N5. The van der Waals surface area contributed by atoms with Crippen LogP contribution in [0.25, 0.3) is 22.6 Å². The Kier molecular flexibility index (Phi) is 3.39. The van der Waals surface area contributed by atoms with Gasteiger partial charge in [0.05, 0.1) is 11.2 Å². The van der Waals surface area contributed by atoms with Crippen molar-refractivity contribution in [2.24, 2.45) is 0 Å². The fourth-order valence-electron chi connectivity index (χ4n) is 1.94. The van der Waals surface area contributed by atoms with Gasteiger partial charge in [-0.2, -0.15) is 0 Å². The lowest BCUT2D eigenvalue weighted by atomic mass is 10.2. The summed E-state index contributed by atoms with van der Waals surface area (Å²) in [5.41, 5.74) is 9.09. The quantitative estimate of drug-likeness (QED) is 0.576. The van der Waals surface area contributed by atoms with E-state index in [1.54, 1.807) is 0 Å². The van der Waals surface area contributed by atoms with Crippen LogP contribution in [0, 0.1) is 0 Å². The van der Waals surface area contributed by atoms with Crippen LogP contribution in [0.15, 0.2) is 33.2 Å². The summed E-state index contributed by atoms with van der Waals surface area (Å²) in [5, 5.41) is 2.99. The van der Waals surface area contributed by atoms with Gasteiger partial charge in [-0.25, -0.2) is 9.97 Å². The monoisotopic (exact) mass is 395 g/mol. The van der Waals surface area contributed by atoms with Gasteiger partial charge in [0.1, 0.15) is 11.6 Å². The highest BCUT2D eigenvalue weighted by atomic mass is 79.9. The van der Waals surface area contributed by atoms with Gasteiger partial charge in [-0.3, -0.25) is 0 Å². The highest BCUT2D eigenvalue weighted by molar-refractivity contribution is 9.11. The second-order valence-corrected chi connectivity index (χ2v) is 6.02. The number of pyridine rings is 1. The summed E-state index contributed by atoms with van der Waals surface area (Å²) in [7, 11) is 1.82. The van der Waals surface area contributed by atoms with E-state index in [2.05, 4.69) is 52.1 Å². The molecular weight excluding hydrogens is 386 g/mol. The van der Waals surface area contributed by atoms with Crippen molar-refractivity contribution in [2.45, 2.75) is 0 Å². The number of benzene rings is 1. The third-order valence-corrected chi connectivity index (χ3v) is 4.07. The van der Waals surface area contributed by atoms with E-state index < -0.39 is 0 Å². The Hall–Kier alpha value is -1.60. The molecule has 0 atom stereocenters. The van der Waals surface area contributed by atoms with E-state index >= 15 is 0 Å². The summed E-state index contributed by atoms with van der Waals surface area (Å²) in [6.45, 7) is 0. The van der Waals surface area contributed by atoms with E-state index in [4.69, 9.17) is 5.73 Å². The lowest BCUT2D eigenvalue weighted by Crippen LogP contribution is -1.93. The molecule has 0 saturated heterocycles. The lowest BCUT2D eigenvalue weighted by molar-refractivity contribution is 1.28. The van der Waals surface area contributed by atoms with Crippen LogP contribution in [0.3, 0.4) is 0 Å². The number of nitrogen functional groups attached to an aromatic ring is 1. The van der Waals surface area contributed by atoms with Crippen molar-refractivity contribution in [3.8, 4) is 11.4 Å². The number of hydrogen-bond donors (Lipinski definition) is 3. The molecule has 20 heavy (non-hydrogen) atoms. The van der Waals surface area contributed by atoms with Crippen LogP contribution >= 0.6 is 31.9 Å². The zero-order chi connectivity index (χ0) is 14.3. The minimum absolute atomic E-state index is 0.640. The molecule has 3 aromatic rings. The van der Waals surface area contributed by atoms with Crippen molar-refractivity contribution in [3.63, 3.8) is 0 Å². The van der Waals surface area contributed by atoms with Crippen LogP contribution in [-0.4, -0.2) is 22.0 Å². The molecule has 0 aliphatic carbocycles. The third kappa shape index (κ3) is 2.27. The summed E-state index contributed by atoms with van der Waals surface area (Å²) in [4.78, 5) is 12.1. The van der Waals surface area contributed by atoms with Gasteiger partial charge in [0.15, 0.2) is 5.65 Å². The average molecular weight is 397 g/mol. The van der Waals surface area contributed by atoms with Crippen LogP contribution in [0.1, 0.15) is 0 Å². The van der Waals surface area contributed by atoms with Crippen molar-refractivity contribution in [1.82, 2.24) is 15.0 Å². The molecule has 0 spiro atoms. The topological polar surface area (TPSA) is 79.6 Å². The Morgan fingerprint density at radius 2 is 2.00 bits per heavy atom. The molecule has 0 saturated carbocycles. The zero-order valence-corrected chi connectivity index (χ0v) is 13.7. The van der Waals surface area contributed by atoms with Crippen LogP contribution in [-0.2, 0) is 0 Å². The molecule has 0 unspecified atom stereocenters. The number of aromatic amines is 1. The number of nitrogens with one attached hydrogen (secondary N) is 2. The Morgan fingerprint density at radius 3 is 2.75 bits per heavy atom. The highest BCUT2D eigenvalue weighted by Crippen LogP contribution is 2.34. The van der Waals surface area contributed by atoms with Gasteiger partial charge in [-0.1, -0.05) is 15.9 Å². The van der Waals surface area contributed by atoms with Gasteiger partial charge in [-0.15, -0.1) is 0 Å². The SMILES string of the molecule is CNc1ccc2[nH]c(-c3cc(Br)cc(Br)c3N)nc2n1. The maximum atomic E-state index is 6.10. The summed E-state index contributed by atoms with van der Waals surface area (Å²) in [6, 6.07) is 7.66. The number of nitrogens with zero attached hydrogens (tertiary/aromatic N) is 2. The molecule has 0 aliphatic heterocycles. The second kappa shape index (κ2) is 5.06. The largest absolute Gasteiger partial charge is 0.397 e. The molecule has 4 N–H and O–H groups in total. The number of anilines is 2. The molecule has 7 heteroatoms. The van der Waals surface area contributed by atoms with Crippen molar-refractivity contribution in [2.75, 3.05) is 18.1 Å². The summed E-state index contributed by atoms with van der Waals surface area (Å²) in [6.07, 6.45) is 0. The molecule has 0 radical (unpaired) electrons. The first-order chi connectivity index (χ1) is 9.58. The first-order valence-corrected chi connectivity index (χ1v) is 7.46. The van der Waals surface area contributed by atoms with Crippen LogP contribution < -0.4 is 11.1 Å². The summed E-state index contributed by atoms with van der Waals surface area (Å²) < 4.78 is 1.75. The predicted octanol–water partition coefficient (Wildman–Crippen LogP) is 3.77. The molecule has 1 aromatic carbocycles. The number of nitrogens with two attached hydrogens (primary N) is 1. The summed E-state index contributed by atoms with van der Waals surface area (Å²) in [5.74, 6) is 1.47. The standard InChI is InChI=1S/C13H11Br2N5/c1-17-10-3-2-9-13(19-10)20-12(18-9)7-4-6(14)5-8(15)11(7)16/h2-5H,16H2,1H3,(H2,17,18,19,20). The minimum Gasteiger partial charge on any atom is -0.397 e. The Bertz CT molecular complexity index is 797. The second-order valence-electron chi connectivity index (χ2n) is 4.25. The number of imidazole rings is 1. The zero-order valence-electron chi connectivity index (χ0n) is 10.5. The fourth-order valence-corrected chi connectivity index (χ4v) is 3.17. The van der Waals surface area contributed by atoms with Gasteiger partial charge in [0.25, 0.3) is 0 Å². The Morgan fingerprint density at radius 1 is 1.20 bits per heavy atom. The number of H-pyrrole nitrogens is 1. The van der Waals surface area contributed by atoms with E-state index in [9.17, 15) is 0 Å². The highest BCUT2D eigenvalue weighted by Gasteiger charge is 2.12. The molecule has 0 fully saturated rings. The number of halogens is 2. The van der Waals surface area contributed by atoms with Gasteiger partial charge >= 0.3 is 0 Å². The van der Waals surface area contributed by atoms with E-state index in [1.807, 2.05) is 31.3 Å². The summed E-state index contributed by atoms with van der Waals surface area (Å²) >= 11 is 6.90. The Labute approximate surface area is 132 Å². The maximum absolute atomic E-state index is 6.10. The van der Waals surface area contributed by atoms with Gasteiger partial charge in [0, 0.05) is 21.6 Å². The molecule has 2 aromatic heterocycles. The van der Waals surface area contributed by atoms with Gasteiger partial charge < -0.3 is 16.0 Å². The fraction of sp³-hybridized carbons (Fsp3) is 0.0769. The minimum atomic E-state index is 0.640. The number of hydrogen-bond acceptors (Lipinski definition) is 4.